The number of halogens is 1. The number of carbonyl (C=O) groups excluding carboxylic acids is 1. The van der Waals surface area contributed by atoms with Crippen molar-refractivity contribution in [3.8, 4) is 0 Å². The van der Waals surface area contributed by atoms with Gasteiger partial charge in [0.15, 0.2) is 9.84 Å². The van der Waals surface area contributed by atoms with E-state index in [1.807, 2.05) is 25.1 Å². The van der Waals surface area contributed by atoms with Crippen LogP contribution in [-0.4, -0.2) is 20.6 Å². The number of sulfone groups is 1. The molecule has 0 saturated heterocycles. The molecule has 0 aliphatic heterocycles. The zero-order valence-corrected chi connectivity index (χ0v) is 14.0. The van der Waals surface area contributed by atoms with Crippen LogP contribution in [-0.2, 0) is 9.84 Å². The number of hydrogen-bond acceptors (Lipinski definition) is 3. The van der Waals surface area contributed by atoms with E-state index in [0.717, 1.165) is 16.3 Å². The smallest absolute Gasteiger partial charge is 0.255 e. The molecule has 0 atom stereocenters. The molecule has 0 fully saturated rings. The predicted octanol–water partition coefficient (Wildman–Crippen LogP) is 3.41. The zero-order valence-electron chi connectivity index (χ0n) is 11.6. The summed E-state index contributed by atoms with van der Waals surface area (Å²) in [6, 6.07) is 11.6. The molecule has 0 heterocycles. The van der Waals surface area contributed by atoms with Gasteiger partial charge in [0.05, 0.1) is 10.6 Å². The van der Waals surface area contributed by atoms with E-state index >= 15 is 0 Å². The minimum absolute atomic E-state index is 0.124. The van der Waals surface area contributed by atoms with Crippen molar-refractivity contribution in [3.05, 3.63) is 58.1 Å². The van der Waals surface area contributed by atoms with Gasteiger partial charge in [0.25, 0.3) is 5.91 Å². The maximum atomic E-state index is 12.2. The first-order valence-corrected chi connectivity index (χ1v) is 8.83. The molecule has 6 heteroatoms. The topological polar surface area (TPSA) is 63.2 Å². The molecule has 21 heavy (non-hydrogen) atoms. The van der Waals surface area contributed by atoms with Crippen molar-refractivity contribution < 1.29 is 13.2 Å². The Morgan fingerprint density at radius 2 is 1.86 bits per heavy atom. The summed E-state index contributed by atoms with van der Waals surface area (Å²) in [5.41, 5.74) is 1.95. The van der Waals surface area contributed by atoms with Gasteiger partial charge >= 0.3 is 0 Å². The Morgan fingerprint density at radius 1 is 1.14 bits per heavy atom. The normalized spacial score (nSPS) is 11.2. The van der Waals surface area contributed by atoms with E-state index in [1.54, 1.807) is 12.1 Å². The maximum Gasteiger partial charge on any atom is 0.255 e. The molecule has 0 aliphatic rings. The maximum absolute atomic E-state index is 12.2. The van der Waals surface area contributed by atoms with Crippen LogP contribution >= 0.6 is 15.9 Å². The summed E-state index contributed by atoms with van der Waals surface area (Å²) in [6.45, 7) is 1.92. The van der Waals surface area contributed by atoms with Gasteiger partial charge in [-0.3, -0.25) is 4.79 Å². The Kier molecular flexibility index (Phi) is 4.49. The molecule has 2 aromatic rings. The second-order valence-corrected chi connectivity index (χ2v) is 7.61. The number of rotatable bonds is 3. The average Bonchev–Trinajstić information content (AvgIpc) is 2.42. The first-order valence-electron chi connectivity index (χ1n) is 6.15. The molecule has 2 rings (SSSR count). The van der Waals surface area contributed by atoms with Crippen LogP contribution in [0.25, 0.3) is 0 Å². The molecule has 0 aromatic heterocycles. The molecule has 4 nitrogen and oxygen atoms in total. The number of nitrogens with one attached hydrogen (secondary N) is 1. The predicted molar refractivity (Wildman–Crippen MR) is 86.4 cm³/mol. The second-order valence-electron chi connectivity index (χ2n) is 4.74. The van der Waals surface area contributed by atoms with Crippen molar-refractivity contribution in [3.63, 3.8) is 0 Å². The lowest BCUT2D eigenvalue weighted by atomic mass is 10.2. The molecule has 0 unspecified atom stereocenters. The molecule has 0 saturated carbocycles. The van der Waals surface area contributed by atoms with Crippen molar-refractivity contribution in [1.29, 1.82) is 0 Å². The largest absolute Gasteiger partial charge is 0.321 e. The lowest BCUT2D eigenvalue weighted by Crippen LogP contribution is -2.13. The van der Waals surface area contributed by atoms with E-state index in [9.17, 15) is 13.2 Å². The first-order chi connectivity index (χ1) is 9.77. The summed E-state index contributed by atoms with van der Waals surface area (Å²) in [5, 5.41) is 2.77. The van der Waals surface area contributed by atoms with Crippen LogP contribution in [0.1, 0.15) is 15.9 Å². The van der Waals surface area contributed by atoms with E-state index in [-0.39, 0.29) is 10.8 Å². The third-order valence-corrected chi connectivity index (χ3v) is 4.70. The van der Waals surface area contributed by atoms with Gasteiger partial charge in [-0.1, -0.05) is 12.1 Å². The highest BCUT2D eigenvalue weighted by molar-refractivity contribution is 9.10. The van der Waals surface area contributed by atoms with E-state index in [4.69, 9.17) is 0 Å². The summed E-state index contributed by atoms with van der Waals surface area (Å²) in [7, 11) is -3.34. The highest BCUT2D eigenvalue weighted by Gasteiger charge is 2.12. The van der Waals surface area contributed by atoms with Crippen LogP contribution in [0, 0.1) is 6.92 Å². The molecular weight excluding hydrogens is 354 g/mol. The van der Waals surface area contributed by atoms with Gasteiger partial charge in [-0.15, -0.1) is 0 Å². The first kappa shape index (κ1) is 15.7. The standard InChI is InChI=1S/C15H14BrNO3S/c1-10-6-7-13(16)14(8-10)17-15(18)11-4-3-5-12(9-11)21(2,19)20/h3-9H,1-2H3,(H,17,18). The quantitative estimate of drug-likeness (QED) is 0.903. The molecule has 1 N–H and O–H groups in total. The molecule has 0 bridgehead atoms. The van der Waals surface area contributed by atoms with Crippen LogP contribution < -0.4 is 5.32 Å². The molecule has 0 spiro atoms. The van der Waals surface area contributed by atoms with Crippen LogP contribution in [0.3, 0.4) is 0 Å². The zero-order chi connectivity index (χ0) is 15.6. The molecule has 0 aliphatic carbocycles. The van der Waals surface area contributed by atoms with Gasteiger partial charge in [0.1, 0.15) is 0 Å². The monoisotopic (exact) mass is 367 g/mol. The number of hydrogen-bond donors (Lipinski definition) is 1. The van der Waals surface area contributed by atoms with Crippen molar-refractivity contribution in [2.45, 2.75) is 11.8 Å². The van der Waals surface area contributed by atoms with Crippen LogP contribution in [0.4, 0.5) is 5.69 Å². The Balaban J connectivity index is 2.31. The third-order valence-electron chi connectivity index (χ3n) is 2.89. The summed E-state index contributed by atoms with van der Waals surface area (Å²) < 4.78 is 23.8. The molecule has 1 amide bonds. The minimum Gasteiger partial charge on any atom is -0.321 e. The van der Waals surface area contributed by atoms with Crippen LogP contribution in [0.2, 0.25) is 0 Å². The summed E-state index contributed by atoms with van der Waals surface area (Å²) >= 11 is 3.37. The Hall–Kier alpha value is -1.66. The van der Waals surface area contributed by atoms with E-state index in [2.05, 4.69) is 21.2 Å². The fourth-order valence-corrected chi connectivity index (χ4v) is 2.81. The van der Waals surface area contributed by atoms with E-state index < -0.39 is 9.84 Å². The van der Waals surface area contributed by atoms with Gasteiger partial charge in [-0.05, 0) is 58.7 Å². The van der Waals surface area contributed by atoms with Gasteiger partial charge in [-0.25, -0.2) is 8.42 Å². The fraction of sp³-hybridized carbons (Fsp3) is 0.133. The summed E-state index contributed by atoms with van der Waals surface area (Å²) in [6.07, 6.45) is 1.11. The fourth-order valence-electron chi connectivity index (χ4n) is 1.80. The average molecular weight is 368 g/mol. The van der Waals surface area contributed by atoms with Crippen LogP contribution in [0.15, 0.2) is 51.8 Å². The van der Waals surface area contributed by atoms with Crippen LogP contribution in [0.5, 0.6) is 0 Å². The number of carbonyl (C=O) groups is 1. The van der Waals surface area contributed by atoms with E-state index in [1.165, 1.54) is 12.1 Å². The van der Waals surface area contributed by atoms with Gasteiger partial charge in [0, 0.05) is 16.3 Å². The van der Waals surface area contributed by atoms with Gasteiger partial charge < -0.3 is 5.32 Å². The Labute approximate surface area is 132 Å². The number of aryl methyl sites for hydroxylation is 1. The SMILES string of the molecule is Cc1ccc(Br)c(NC(=O)c2cccc(S(C)(=O)=O)c2)c1. The van der Waals surface area contributed by atoms with E-state index in [0.29, 0.717) is 11.3 Å². The number of anilines is 1. The van der Waals surface area contributed by atoms with Crippen molar-refractivity contribution >= 4 is 37.4 Å². The molecule has 2 aromatic carbocycles. The lowest BCUT2D eigenvalue weighted by molar-refractivity contribution is 0.102. The second kappa shape index (κ2) is 5.99. The summed E-state index contributed by atoms with van der Waals surface area (Å²) in [5.74, 6) is -0.355. The summed E-state index contributed by atoms with van der Waals surface area (Å²) in [4.78, 5) is 12.4. The Bertz CT molecular complexity index is 800. The van der Waals surface area contributed by atoms with Crippen molar-refractivity contribution in [2.75, 3.05) is 11.6 Å². The van der Waals surface area contributed by atoms with Gasteiger partial charge in [-0.2, -0.15) is 0 Å². The molecular formula is C15H14BrNO3S. The molecule has 0 radical (unpaired) electrons. The third kappa shape index (κ3) is 3.92. The number of benzene rings is 2. The van der Waals surface area contributed by atoms with Crippen molar-refractivity contribution in [2.24, 2.45) is 0 Å². The highest BCUT2D eigenvalue weighted by atomic mass is 79.9. The molecule has 110 valence electrons. The highest BCUT2D eigenvalue weighted by Crippen LogP contribution is 2.24. The minimum atomic E-state index is -3.34. The van der Waals surface area contributed by atoms with Crippen molar-refractivity contribution in [1.82, 2.24) is 0 Å². The number of amides is 1. The Morgan fingerprint density at radius 3 is 2.52 bits per heavy atom. The van der Waals surface area contributed by atoms with Gasteiger partial charge in [0.2, 0.25) is 0 Å². The lowest BCUT2D eigenvalue weighted by Gasteiger charge is -2.09.